The predicted molar refractivity (Wildman–Crippen MR) is 65.8 cm³/mol. The van der Waals surface area contributed by atoms with E-state index in [0.29, 0.717) is 5.02 Å². The average molecular weight is 274 g/mol. The molecule has 0 spiro atoms. The maximum Gasteiger partial charge on any atom is 0.256 e. The van der Waals surface area contributed by atoms with Gasteiger partial charge in [-0.1, -0.05) is 23.7 Å². The smallest absolute Gasteiger partial charge is 0.256 e. The molecule has 0 aromatic heterocycles. The lowest BCUT2D eigenvalue weighted by atomic mass is 10.4. The summed E-state index contributed by atoms with van der Waals surface area (Å²) in [6, 6.07) is 7.35. The van der Waals surface area contributed by atoms with Gasteiger partial charge in [0.1, 0.15) is 6.61 Å². The molecule has 6 heteroatoms. The largest absolute Gasteiger partial charge is 0.389 e. The van der Waals surface area contributed by atoms with Gasteiger partial charge in [0.05, 0.1) is 23.4 Å². The minimum atomic E-state index is -0.579. The van der Waals surface area contributed by atoms with Crippen molar-refractivity contribution in [1.82, 2.24) is 5.06 Å². The normalized spacial score (nSPS) is 19.6. The molecule has 0 unspecified atom stereocenters. The second-order valence-corrected chi connectivity index (χ2v) is 5.05. The van der Waals surface area contributed by atoms with Gasteiger partial charge >= 0.3 is 0 Å². The van der Waals surface area contributed by atoms with E-state index in [1.54, 1.807) is 6.07 Å². The molecule has 0 aliphatic carbocycles. The second-order valence-electron chi connectivity index (χ2n) is 3.62. The highest BCUT2D eigenvalue weighted by molar-refractivity contribution is 8.00. The molecule has 0 radical (unpaired) electrons. The van der Waals surface area contributed by atoms with Crippen molar-refractivity contribution >= 4 is 29.3 Å². The number of hydrogen-bond acceptors (Lipinski definition) is 4. The Labute approximate surface area is 108 Å². The summed E-state index contributed by atoms with van der Waals surface area (Å²) in [5.41, 5.74) is 0. The minimum Gasteiger partial charge on any atom is -0.389 e. The van der Waals surface area contributed by atoms with Gasteiger partial charge in [0.25, 0.3) is 5.91 Å². The van der Waals surface area contributed by atoms with Gasteiger partial charge in [0.2, 0.25) is 0 Å². The average Bonchev–Trinajstić information content (AvgIpc) is 2.74. The molecule has 2 rings (SSSR count). The van der Waals surface area contributed by atoms with Crippen LogP contribution >= 0.6 is 23.4 Å². The molecule has 4 nitrogen and oxygen atoms in total. The van der Waals surface area contributed by atoms with Gasteiger partial charge in [0.15, 0.2) is 0 Å². The first kappa shape index (κ1) is 12.7. The van der Waals surface area contributed by atoms with Crippen LogP contribution in [-0.4, -0.2) is 41.1 Å². The number of carbonyl (C=O) groups is 1. The van der Waals surface area contributed by atoms with E-state index in [1.165, 1.54) is 16.8 Å². The molecule has 1 N–H and O–H groups in total. The second kappa shape index (κ2) is 5.73. The summed E-state index contributed by atoms with van der Waals surface area (Å²) >= 11 is 7.33. The number of thioether (sulfide) groups is 1. The van der Waals surface area contributed by atoms with E-state index >= 15 is 0 Å². The maximum atomic E-state index is 11.7. The molecule has 1 saturated heterocycles. The zero-order valence-electron chi connectivity index (χ0n) is 9.01. The molecule has 1 aromatic rings. The minimum absolute atomic E-state index is 0.161. The Morgan fingerprint density at radius 3 is 3.00 bits per heavy atom. The third kappa shape index (κ3) is 3.35. The van der Waals surface area contributed by atoms with Crippen molar-refractivity contribution in [1.29, 1.82) is 0 Å². The van der Waals surface area contributed by atoms with Crippen LogP contribution in [0.5, 0.6) is 0 Å². The number of nitrogens with zero attached hydrogens (tertiary/aromatic N) is 1. The van der Waals surface area contributed by atoms with Gasteiger partial charge in [-0.05, 0) is 12.1 Å². The highest BCUT2D eigenvalue weighted by Gasteiger charge is 2.25. The fourth-order valence-electron chi connectivity index (χ4n) is 1.42. The molecule has 1 atom stereocenters. The number of halogens is 1. The van der Waals surface area contributed by atoms with Crippen LogP contribution in [0.3, 0.4) is 0 Å². The summed E-state index contributed by atoms with van der Waals surface area (Å²) in [6.45, 7) is 0.421. The molecule has 1 fully saturated rings. The highest BCUT2D eigenvalue weighted by Crippen LogP contribution is 2.26. The van der Waals surface area contributed by atoms with Crippen LogP contribution in [0.4, 0.5) is 0 Å². The van der Waals surface area contributed by atoms with Crippen LogP contribution in [0, 0.1) is 0 Å². The maximum absolute atomic E-state index is 11.7. The van der Waals surface area contributed by atoms with E-state index in [9.17, 15) is 9.90 Å². The van der Waals surface area contributed by atoms with E-state index in [4.69, 9.17) is 16.4 Å². The van der Waals surface area contributed by atoms with Gasteiger partial charge in [0, 0.05) is 4.90 Å². The third-order valence-corrected chi connectivity index (χ3v) is 3.77. The molecule has 1 aromatic carbocycles. The number of amides is 1. The standard InChI is InChI=1S/C11H12ClNO3S/c12-9-3-1-2-4-10(9)17-7-11(15)13-5-8(14)6-16-13/h1-4,8,14H,5-7H2/t8-/m0/s1. The lowest BCUT2D eigenvalue weighted by Crippen LogP contribution is -2.29. The topological polar surface area (TPSA) is 49.8 Å². The van der Waals surface area contributed by atoms with Crippen molar-refractivity contribution in [3.8, 4) is 0 Å². The highest BCUT2D eigenvalue weighted by atomic mass is 35.5. The molecule has 0 bridgehead atoms. The van der Waals surface area contributed by atoms with Crippen molar-refractivity contribution < 1.29 is 14.7 Å². The first-order valence-corrected chi connectivity index (χ1v) is 6.52. The van der Waals surface area contributed by atoms with E-state index in [2.05, 4.69) is 0 Å². The monoisotopic (exact) mass is 273 g/mol. The number of aliphatic hydroxyl groups excluding tert-OH is 1. The zero-order valence-corrected chi connectivity index (χ0v) is 10.6. The van der Waals surface area contributed by atoms with Gasteiger partial charge in [-0.15, -0.1) is 11.8 Å². The van der Waals surface area contributed by atoms with Crippen molar-refractivity contribution in [3.05, 3.63) is 29.3 Å². The Bertz CT molecular complexity index is 415. The number of benzene rings is 1. The Kier molecular flexibility index (Phi) is 4.28. The number of carbonyl (C=O) groups excluding carboxylic acids is 1. The molecule has 1 aliphatic heterocycles. The third-order valence-electron chi connectivity index (χ3n) is 2.27. The van der Waals surface area contributed by atoms with Crippen LogP contribution in [0.2, 0.25) is 5.02 Å². The Morgan fingerprint density at radius 1 is 1.59 bits per heavy atom. The SMILES string of the molecule is O=C(CSc1ccccc1Cl)N1C[C@H](O)CO1. The van der Waals surface area contributed by atoms with E-state index in [-0.39, 0.29) is 24.8 Å². The summed E-state index contributed by atoms with van der Waals surface area (Å²) < 4.78 is 0. The van der Waals surface area contributed by atoms with Crippen LogP contribution in [0.15, 0.2) is 29.2 Å². The number of aliphatic hydroxyl groups is 1. The molecule has 92 valence electrons. The van der Waals surface area contributed by atoms with E-state index < -0.39 is 6.10 Å². The van der Waals surface area contributed by atoms with Crippen molar-refractivity contribution in [2.45, 2.75) is 11.0 Å². The first-order valence-electron chi connectivity index (χ1n) is 5.15. The number of β-amino-alcohol motifs (C(OH)–C–C–N with tert-alkyl or cyclic N) is 1. The Hall–Kier alpha value is -0.750. The number of hydroxylamine groups is 2. The van der Waals surface area contributed by atoms with Crippen molar-refractivity contribution in [2.75, 3.05) is 18.9 Å². The molecule has 1 heterocycles. The van der Waals surface area contributed by atoms with Crippen molar-refractivity contribution in [2.24, 2.45) is 0 Å². The lowest BCUT2D eigenvalue weighted by Gasteiger charge is -2.13. The summed E-state index contributed by atoms with van der Waals surface area (Å²) in [6.07, 6.45) is -0.579. The quantitative estimate of drug-likeness (QED) is 0.850. The molecular weight excluding hydrogens is 262 g/mol. The summed E-state index contributed by atoms with van der Waals surface area (Å²) in [5.74, 6) is 0.0858. The van der Waals surface area contributed by atoms with Gasteiger partial charge in [-0.25, -0.2) is 5.06 Å². The van der Waals surface area contributed by atoms with Crippen LogP contribution in [0.1, 0.15) is 0 Å². The number of rotatable bonds is 3. The molecular formula is C11H12ClNO3S. The van der Waals surface area contributed by atoms with Gasteiger partial charge < -0.3 is 5.11 Å². The number of hydrogen-bond donors (Lipinski definition) is 1. The van der Waals surface area contributed by atoms with E-state index in [0.717, 1.165) is 4.90 Å². The fourth-order valence-corrected chi connectivity index (χ4v) is 2.52. The zero-order chi connectivity index (χ0) is 12.3. The molecule has 0 saturated carbocycles. The predicted octanol–water partition coefficient (Wildman–Crippen LogP) is 1.57. The lowest BCUT2D eigenvalue weighted by molar-refractivity contribution is -0.165. The molecule has 1 amide bonds. The van der Waals surface area contributed by atoms with E-state index in [1.807, 2.05) is 18.2 Å². The Balaban J connectivity index is 1.86. The van der Waals surface area contributed by atoms with Crippen molar-refractivity contribution in [3.63, 3.8) is 0 Å². The van der Waals surface area contributed by atoms with Gasteiger partial charge in [-0.3, -0.25) is 9.63 Å². The molecule has 17 heavy (non-hydrogen) atoms. The van der Waals surface area contributed by atoms with Gasteiger partial charge in [-0.2, -0.15) is 0 Å². The molecule has 1 aliphatic rings. The summed E-state index contributed by atoms with van der Waals surface area (Å²) in [4.78, 5) is 17.6. The van der Waals surface area contributed by atoms with Crippen LogP contribution in [0.25, 0.3) is 0 Å². The van der Waals surface area contributed by atoms with Crippen LogP contribution in [-0.2, 0) is 9.63 Å². The summed E-state index contributed by atoms with van der Waals surface area (Å²) in [7, 11) is 0. The van der Waals surface area contributed by atoms with Crippen LogP contribution < -0.4 is 0 Å². The summed E-state index contributed by atoms with van der Waals surface area (Å²) in [5, 5.41) is 11.1. The first-order chi connectivity index (χ1) is 8.16. The fraction of sp³-hybridized carbons (Fsp3) is 0.364. The Morgan fingerprint density at radius 2 is 2.35 bits per heavy atom.